The van der Waals surface area contributed by atoms with Crippen LogP contribution in [-0.2, 0) is 9.53 Å². The fourth-order valence-corrected chi connectivity index (χ4v) is 2.93. The molecule has 5 atom stereocenters. The van der Waals surface area contributed by atoms with Crippen molar-refractivity contribution >= 4 is 5.97 Å². The summed E-state index contributed by atoms with van der Waals surface area (Å²) in [5.74, 6) is 0.182. The molecule has 0 aromatic carbocycles. The standard InChI is InChI=1S/C11H18O3/c1-5(2)8-7(11(12)13)4-6(3)9-10(8)14-9/h5-10H,4H2,1-3H3,(H,12,13). The Kier molecular flexibility index (Phi) is 2.30. The molecule has 14 heavy (non-hydrogen) atoms. The fourth-order valence-electron chi connectivity index (χ4n) is 2.93. The van der Waals surface area contributed by atoms with Gasteiger partial charge in [0.15, 0.2) is 0 Å². The lowest BCUT2D eigenvalue weighted by Gasteiger charge is -2.31. The topological polar surface area (TPSA) is 49.8 Å². The van der Waals surface area contributed by atoms with Crippen LogP contribution in [0.4, 0.5) is 0 Å². The number of carboxylic acid groups (broad SMARTS) is 1. The third-order valence-electron chi connectivity index (χ3n) is 3.68. The summed E-state index contributed by atoms with van der Waals surface area (Å²) < 4.78 is 5.58. The smallest absolute Gasteiger partial charge is 0.306 e. The van der Waals surface area contributed by atoms with Crippen LogP contribution in [0, 0.1) is 23.7 Å². The molecule has 1 heterocycles. The van der Waals surface area contributed by atoms with E-state index in [0.29, 0.717) is 17.9 Å². The highest BCUT2D eigenvalue weighted by atomic mass is 16.6. The first-order chi connectivity index (χ1) is 6.52. The quantitative estimate of drug-likeness (QED) is 0.688. The molecule has 2 fully saturated rings. The van der Waals surface area contributed by atoms with Gasteiger partial charge in [-0.25, -0.2) is 0 Å². The molecule has 0 amide bonds. The third kappa shape index (κ3) is 1.44. The zero-order valence-corrected chi connectivity index (χ0v) is 8.93. The van der Waals surface area contributed by atoms with E-state index < -0.39 is 5.97 Å². The largest absolute Gasteiger partial charge is 0.481 e. The molecule has 1 saturated heterocycles. The highest BCUT2D eigenvalue weighted by Gasteiger charge is 2.57. The molecular formula is C11H18O3. The summed E-state index contributed by atoms with van der Waals surface area (Å²) >= 11 is 0. The Morgan fingerprint density at radius 2 is 2.07 bits per heavy atom. The van der Waals surface area contributed by atoms with Crippen molar-refractivity contribution < 1.29 is 14.6 Å². The van der Waals surface area contributed by atoms with Crippen molar-refractivity contribution in [2.24, 2.45) is 23.7 Å². The summed E-state index contributed by atoms with van der Waals surface area (Å²) in [6, 6.07) is 0. The molecule has 5 unspecified atom stereocenters. The van der Waals surface area contributed by atoms with E-state index in [1.54, 1.807) is 0 Å². The van der Waals surface area contributed by atoms with Gasteiger partial charge in [-0.3, -0.25) is 4.79 Å². The summed E-state index contributed by atoms with van der Waals surface area (Å²) in [5, 5.41) is 9.16. The van der Waals surface area contributed by atoms with Crippen LogP contribution in [0.5, 0.6) is 0 Å². The predicted molar refractivity (Wildman–Crippen MR) is 51.9 cm³/mol. The van der Waals surface area contributed by atoms with E-state index in [-0.39, 0.29) is 17.9 Å². The number of epoxide rings is 1. The van der Waals surface area contributed by atoms with Crippen LogP contribution < -0.4 is 0 Å². The molecule has 1 aliphatic carbocycles. The molecule has 1 aliphatic heterocycles. The number of hydrogen-bond acceptors (Lipinski definition) is 2. The van der Waals surface area contributed by atoms with Gasteiger partial charge in [-0.2, -0.15) is 0 Å². The van der Waals surface area contributed by atoms with Gasteiger partial charge in [-0.05, 0) is 18.3 Å². The van der Waals surface area contributed by atoms with Crippen molar-refractivity contribution in [1.82, 2.24) is 0 Å². The SMILES string of the molecule is CC(C)C1C(C(=O)O)CC(C)C2OC21. The van der Waals surface area contributed by atoms with Gasteiger partial charge in [0, 0.05) is 5.92 Å². The molecule has 1 N–H and O–H groups in total. The lowest BCUT2D eigenvalue weighted by Crippen LogP contribution is -2.38. The van der Waals surface area contributed by atoms with Gasteiger partial charge in [0.25, 0.3) is 0 Å². The first kappa shape index (κ1) is 9.97. The van der Waals surface area contributed by atoms with Crippen molar-refractivity contribution in [1.29, 1.82) is 0 Å². The van der Waals surface area contributed by atoms with Crippen LogP contribution in [0.15, 0.2) is 0 Å². The minimum atomic E-state index is -0.649. The van der Waals surface area contributed by atoms with Crippen LogP contribution in [0.25, 0.3) is 0 Å². The van der Waals surface area contributed by atoms with Crippen molar-refractivity contribution in [3.8, 4) is 0 Å². The summed E-state index contributed by atoms with van der Waals surface area (Å²) in [6.45, 7) is 6.28. The van der Waals surface area contributed by atoms with Gasteiger partial charge in [0.2, 0.25) is 0 Å². The molecule has 0 bridgehead atoms. The molecule has 0 aromatic rings. The van der Waals surface area contributed by atoms with Crippen LogP contribution in [0.1, 0.15) is 27.2 Å². The highest BCUT2D eigenvalue weighted by Crippen LogP contribution is 2.49. The Labute approximate surface area is 84.4 Å². The number of rotatable bonds is 2. The predicted octanol–water partition coefficient (Wildman–Crippen LogP) is 1.77. The van der Waals surface area contributed by atoms with Gasteiger partial charge >= 0.3 is 5.97 Å². The van der Waals surface area contributed by atoms with E-state index in [2.05, 4.69) is 20.8 Å². The second-order valence-corrected chi connectivity index (χ2v) is 5.04. The average molecular weight is 198 g/mol. The minimum Gasteiger partial charge on any atom is -0.481 e. The maximum atomic E-state index is 11.1. The summed E-state index contributed by atoms with van der Waals surface area (Å²) in [7, 11) is 0. The molecule has 3 nitrogen and oxygen atoms in total. The number of carbonyl (C=O) groups is 1. The number of carboxylic acids is 1. The van der Waals surface area contributed by atoms with Crippen LogP contribution in [0.3, 0.4) is 0 Å². The number of fused-ring (bicyclic) bond motifs is 1. The summed E-state index contributed by atoms with van der Waals surface area (Å²) in [4.78, 5) is 11.1. The lowest BCUT2D eigenvalue weighted by atomic mass is 9.70. The van der Waals surface area contributed by atoms with E-state index in [1.165, 1.54) is 0 Å². The molecule has 2 aliphatic rings. The Bertz CT molecular complexity index is 249. The summed E-state index contributed by atoms with van der Waals surface area (Å²) in [6.07, 6.45) is 1.34. The third-order valence-corrected chi connectivity index (χ3v) is 3.68. The first-order valence-electron chi connectivity index (χ1n) is 5.40. The highest BCUT2D eigenvalue weighted by molar-refractivity contribution is 5.71. The van der Waals surface area contributed by atoms with Crippen molar-refractivity contribution in [3.05, 3.63) is 0 Å². The van der Waals surface area contributed by atoms with E-state index in [1.807, 2.05) is 0 Å². The van der Waals surface area contributed by atoms with Crippen molar-refractivity contribution in [2.45, 2.75) is 39.4 Å². The molecule has 0 spiro atoms. The average Bonchev–Trinajstić information content (AvgIpc) is 2.82. The molecule has 1 saturated carbocycles. The monoisotopic (exact) mass is 198 g/mol. The van der Waals surface area contributed by atoms with E-state index in [0.717, 1.165) is 6.42 Å². The zero-order valence-electron chi connectivity index (χ0n) is 8.93. The van der Waals surface area contributed by atoms with E-state index >= 15 is 0 Å². The van der Waals surface area contributed by atoms with E-state index in [9.17, 15) is 4.79 Å². The lowest BCUT2D eigenvalue weighted by molar-refractivity contribution is -0.146. The molecular weight excluding hydrogens is 180 g/mol. The maximum Gasteiger partial charge on any atom is 0.306 e. The first-order valence-corrected chi connectivity index (χ1v) is 5.40. The molecule has 0 aromatic heterocycles. The van der Waals surface area contributed by atoms with Crippen LogP contribution >= 0.6 is 0 Å². The fraction of sp³-hybridized carbons (Fsp3) is 0.909. The number of aliphatic carboxylic acids is 1. The number of ether oxygens (including phenoxy) is 1. The van der Waals surface area contributed by atoms with E-state index in [4.69, 9.17) is 9.84 Å². The summed E-state index contributed by atoms with van der Waals surface area (Å²) in [5.41, 5.74) is 0. The Morgan fingerprint density at radius 3 is 2.57 bits per heavy atom. The van der Waals surface area contributed by atoms with Gasteiger partial charge in [-0.15, -0.1) is 0 Å². The maximum absolute atomic E-state index is 11.1. The normalized spacial score (nSPS) is 46.1. The van der Waals surface area contributed by atoms with Gasteiger partial charge in [0.05, 0.1) is 18.1 Å². The Balaban J connectivity index is 2.16. The second-order valence-electron chi connectivity index (χ2n) is 5.04. The van der Waals surface area contributed by atoms with Crippen molar-refractivity contribution in [2.75, 3.05) is 0 Å². The second kappa shape index (κ2) is 3.23. The minimum absolute atomic E-state index is 0.200. The van der Waals surface area contributed by atoms with Gasteiger partial charge in [0.1, 0.15) is 0 Å². The van der Waals surface area contributed by atoms with Crippen LogP contribution in [-0.4, -0.2) is 23.3 Å². The van der Waals surface area contributed by atoms with Gasteiger partial charge in [-0.1, -0.05) is 20.8 Å². The van der Waals surface area contributed by atoms with Crippen LogP contribution in [0.2, 0.25) is 0 Å². The molecule has 80 valence electrons. The van der Waals surface area contributed by atoms with Gasteiger partial charge < -0.3 is 9.84 Å². The molecule has 2 rings (SSSR count). The number of hydrogen-bond donors (Lipinski definition) is 1. The Morgan fingerprint density at radius 1 is 1.43 bits per heavy atom. The molecule has 3 heteroatoms. The Hall–Kier alpha value is -0.570. The molecule has 0 radical (unpaired) electrons. The zero-order chi connectivity index (χ0) is 10.5. The van der Waals surface area contributed by atoms with Crippen molar-refractivity contribution in [3.63, 3.8) is 0 Å².